The Balaban J connectivity index is 1.47. The Labute approximate surface area is 190 Å². The van der Waals surface area contributed by atoms with Gasteiger partial charge < -0.3 is 15.5 Å². The molecule has 4 rings (SSSR count). The second kappa shape index (κ2) is 9.20. The smallest absolute Gasteiger partial charge is 0.255 e. The molecule has 0 aliphatic carbocycles. The van der Waals surface area contributed by atoms with Gasteiger partial charge in [0.05, 0.1) is 5.52 Å². The number of carbonyl (C=O) groups excluding carboxylic acids is 1. The average Bonchev–Trinajstić information content (AvgIpc) is 2.80. The molecule has 0 saturated carbocycles. The van der Waals surface area contributed by atoms with Crippen LogP contribution in [0.3, 0.4) is 0 Å². The van der Waals surface area contributed by atoms with Crippen molar-refractivity contribution in [3.63, 3.8) is 0 Å². The van der Waals surface area contributed by atoms with Gasteiger partial charge in [0.15, 0.2) is 11.6 Å². The lowest BCUT2D eigenvalue weighted by Gasteiger charge is -2.15. The standard InChI is InChI=1S/C25H23F2N5O/c1-15-4-11-22-19(12-15)23(31-25(30-22)32(2)3)28-14-16-5-8-18(9-6-16)29-24(33)17-7-10-20(26)21(27)13-17/h4-13H,14H2,1-3H3,(H,29,33)(H,28,30,31). The molecule has 33 heavy (non-hydrogen) atoms. The van der Waals surface area contributed by atoms with Crippen LogP contribution < -0.4 is 15.5 Å². The van der Waals surface area contributed by atoms with Crippen molar-refractivity contribution in [2.75, 3.05) is 29.6 Å². The lowest BCUT2D eigenvalue weighted by molar-refractivity contribution is 0.102. The number of hydrogen-bond donors (Lipinski definition) is 2. The molecule has 0 fully saturated rings. The molecule has 2 N–H and O–H groups in total. The monoisotopic (exact) mass is 447 g/mol. The van der Waals surface area contributed by atoms with Crippen LogP contribution >= 0.6 is 0 Å². The summed E-state index contributed by atoms with van der Waals surface area (Å²) in [6, 6.07) is 16.3. The number of aryl methyl sites for hydroxylation is 1. The zero-order valence-corrected chi connectivity index (χ0v) is 18.5. The lowest BCUT2D eigenvalue weighted by atomic mass is 10.1. The van der Waals surface area contributed by atoms with Crippen molar-refractivity contribution in [1.82, 2.24) is 9.97 Å². The van der Waals surface area contributed by atoms with Crippen LogP contribution in [-0.2, 0) is 6.54 Å². The minimum atomic E-state index is -1.06. The maximum absolute atomic E-state index is 13.4. The van der Waals surface area contributed by atoms with Gasteiger partial charge in [0.1, 0.15) is 5.82 Å². The molecule has 4 aromatic rings. The second-order valence-corrected chi connectivity index (χ2v) is 7.92. The summed E-state index contributed by atoms with van der Waals surface area (Å²) in [6.45, 7) is 2.54. The summed E-state index contributed by atoms with van der Waals surface area (Å²) in [7, 11) is 3.79. The first-order chi connectivity index (χ1) is 15.8. The number of rotatable bonds is 6. The van der Waals surface area contributed by atoms with Gasteiger partial charge in [-0.05, 0) is 55.0 Å². The van der Waals surface area contributed by atoms with Gasteiger partial charge in [-0.1, -0.05) is 23.8 Å². The van der Waals surface area contributed by atoms with E-state index in [9.17, 15) is 13.6 Å². The summed E-state index contributed by atoms with van der Waals surface area (Å²) in [5.74, 6) is -1.22. The predicted octanol–water partition coefficient (Wildman–Crippen LogP) is 5.15. The molecule has 6 nitrogen and oxygen atoms in total. The van der Waals surface area contributed by atoms with E-state index < -0.39 is 17.5 Å². The molecule has 8 heteroatoms. The van der Waals surface area contributed by atoms with E-state index in [4.69, 9.17) is 0 Å². The first kappa shape index (κ1) is 22.1. The fraction of sp³-hybridized carbons (Fsp3) is 0.160. The molecular weight excluding hydrogens is 424 g/mol. The van der Waals surface area contributed by atoms with Crippen LogP contribution in [0.2, 0.25) is 0 Å². The zero-order chi connectivity index (χ0) is 23.5. The Kier molecular flexibility index (Phi) is 6.17. The molecule has 0 aliphatic heterocycles. The topological polar surface area (TPSA) is 70.2 Å². The van der Waals surface area contributed by atoms with E-state index >= 15 is 0 Å². The number of nitrogens with one attached hydrogen (secondary N) is 2. The van der Waals surface area contributed by atoms with E-state index in [-0.39, 0.29) is 5.56 Å². The molecule has 168 valence electrons. The zero-order valence-electron chi connectivity index (χ0n) is 18.5. The number of benzene rings is 3. The van der Waals surface area contributed by atoms with Gasteiger partial charge in [-0.2, -0.15) is 4.98 Å². The minimum absolute atomic E-state index is 0.0438. The van der Waals surface area contributed by atoms with Gasteiger partial charge in [0.2, 0.25) is 5.95 Å². The van der Waals surface area contributed by atoms with E-state index in [2.05, 4.69) is 20.6 Å². The first-order valence-electron chi connectivity index (χ1n) is 10.3. The van der Waals surface area contributed by atoms with Gasteiger partial charge >= 0.3 is 0 Å². The summed E-state index contributed by atoms with van der Waals surface area (Å²) in [4.78, 5) is 23.4. The van der Waals surface area contributed by atoms with Crippen molar-refractivity contribution in [2.45, 2.75) is 13.5 Å². The molecule has 1 aromatic heterocycles. The number of aromatic nitrogens is 2. The summed E-state index contributed by atoms with van der Waals surface area (Å²) in [6.07, 6.45) is 0. The summed E-state index contributed by atoms with van der Waals surface area (Å²) in [5, 5.41) is 7.00. The molecule has 0 unspecified atom stereocenters. The Hall–Kier alpha value is -4.07. The van der Waals surface area contributed by atoms with E-state index in [1.165, 1.54) is 6.07 Å². The highest BCUT2D eigenvalue weighted by atomic mass is 19.2. The maximum atomic E-state index is 13.4. The van der Waals surface area contributed by atoms with Crippen LogP contribution in [0.5, 0.6) is 0 Å². The van der Waals surface area contributed by atoms with Gasteiger partial charge in [-0.25, -0.2) is 13.8 Å². The van der Waals surface area contributed by atoms with E-state index in [1.807, 2.05) is 56.3 Å². The molecule has 0 bridgehead atoms. The van der Waals surface area contributed by atoms with Crippen LogP contribution in [0.25, 0.3) is 10.9 Å². The molecule has 0 saturated heterocycles. The van der Waals surface area contributed by atoms with Crippen molar-refractivity contribution in [3.05, 3.63) is 89.0 Å². The van der Waals surface area contributed by atoms with Gasteiger partial charge in [0.25, 0.3) is 5.91 Å². The van der Waals surface area contributed by atoms with Crippen molar-refractivity contribution in [3.8, 4) is 0 Å². The van der Waals surface area contributed by atoms with Gasteiger partial charge in [-0.15, -0.1) is 0 Å². The highest BCUT2D eigenvalue weighted by molar-refractivity contribution is 6.04. The van der Waals surface area contributed by atoms with Crippen LogP contribution in [0.4, 0.5) is 26.2 Å². The molecule has 0 atom stereocenters. The van der Waals surface area contributed by atoms with Crippen LogP contribution in [0, 0.1) is 18.6 Å². The number of hydrogen-bond acceptors (Lipinski definition) is 5. The van der Waals surface area contributed by atoms with Crippen LogP contribution in [0.15, 0.2) is 60.7 Å². The third-order valence-corrected chi connectivity index (χ3v) is 5.09. The number of fused-ring (bicyclic) bond motifs is 1. The molecule has 0 spiro atoms. The van der Waals surface area contributed by atoms with Gasteiger partial charge in [-0.3, -0.25) is 4.79 Å². The van der Waals surface area contributed by atoms with Crippen molar-refractivity contribution < 1.29 is 13.6 Å². The quantitative estimate of drug-likeness (QED) is 0.428. The Morgan fingerprint density at radius 3 is 2.39 bits per heavy atom. The molecular formula is C25H23F2N5O. The fourth-order valence-corrected chi connectivity index (χ4v) is 3.30. The first-order valence-corrected chi connectivity index (χ1v) is 10.3. The van der Waals surface area contributed by atoms with E-state index in [1.54, 1.807) is 12.1 Å². The van der Waals surface area contributed by atoms with E-state index in [0.717, 1.165) is 40.0 Å². The maximum Gasteiger partial charge on any atom is 0.255 e. The number of carbonyl (C=O) groups is 1. The van der Waals surface area contributed by atoms with Crippen molar-refractivity contribution in [2.24, 2.45) is 0 Å². The second-order valence-electron chi connectivity index (χ2n) is 7.92. The molecule has 1 amide bonds. The third-order valence-electron chi connectivity index (χ3n) is 5.09. The summed E-state index contributed by atoms with van der Waals surface area (Å²) < 4.78 is 26.4. The number of halogens is 2. The van der Waals surface area contributed by atoms with E-state index in [0.29, 0.717) is 18.2 Å². The molecule has 3 aromatic carbocycles. The van der Waals surface area contributed by atoms with Crippen molar-refractivity contribution >= 4 is 34.3 Å². The molecule has 0 radical (unpaired) electrons. The Morgan fingerprint density at radius 2 is 1.70 bits per heavy atom. The fourth-order valence-electron chi connectivity index (χ4n) is 3.30. The average molecular weight is 447 g/mol. The summed E-state index contributed by atoms with van der Waals surface area (Å²) >= 11 is 0. The van der Waals surface area contributed by atoms with Crippen LogP contribution in [-0.4, -0.2) is 30.0 Å². The largest absolute Gasteiger partial charge is 0.365 e. The normalized spacial score (nSPS) is 10.8. The SMILES string of the molecule is Cc1ccc2nc(N(C)C)nc(NCc3ccc(NC(=O)c4ccc(F)c(F)c4)cc3)c2c1. The number of anilines is 3. The predicted molar refractivity (Wildman–Crippen MR) is 127 cm³/mol. The Bertz CT molecular complexity index is 1320. The lowest BCUT2D eigenvalue weighted by Crippen LogP contribution is -2.14. The third kappa shape index (κ3) is 5.06. The van der Waals surface area contributed by atoms with Crippen LogP contribution in [0.1, 0.15) is 21.5 Å². The number of amides is 1. The highest BCUT2D eigenvalue weighted by Crippen LogP contribution is 2.25. The minimum Gasteiger partial charge on any atom is -0.365 e. The summed E-state index contributed by atoms with van der Waals surface area (Å²) in [5.41, 5.74) is 3.55. The van der Waals surface area contributed by atoms with Gasteiger partial charge in [0, 0.05) is 37.3 Å². The molecule has 0 aliphatic rings. The molecule has 1 heterocycles. The highest BCUT2D eigenvalue weighted by Gasteiger charge is 2.11. The number of nitrogens with zero attached hydrogens (tertiary/aromatic N) is 3. The Morgan fingerprint density at radius 1 is 0.939 bits per heavy atom. The van der Waals surface area contributed by atoms with Crippen molar-refractivity contribution in [1.29, 1.82) is 0 Å².